The second-order valence-electron chi connectivity index (χ2n) is 7.28. The van der Waals surface area contributed by atoms with Gasteiger partial charge in [0, 0.05) is 28.6 Å². The first-order valence-electron chi connectivity index (χ1n) is 9.99. The van der Waals surface area contributed by atoms with E-state index in [1.807, 2.05) is 24.3 Å². The molecule has 9 heteroatoms. The van der Waals surface area contributed by atoms with Gasteiger partial charge in [0.05, 0.1) is 11.6 Å². The molecule has 1 aromatic carbocycles. The number of hydrogen-bond donors (Lipinski definition) is 0. The highest BCUT2D eigenvalue weighted by Crippen LogP contribution is 2.35. The summed E-state index contributed by atoms with van der Waals surface area (Å²) in [7, 11) is 0. The topological polar surface area (TPSA) is 67.9 Å². The van der Waals surface area contributed by atoms with E-state index in [-0.39, 0.29) is 6.61 Å². The fourth-order valence-electron chi connectivity index (χ4n) is 3.83. The minimum Gasteiger partial charge on any atom is -0.387 e. The quantitative estimate of drug-likeness (QED) is 0.330. The number of thiophene rings is 1. The summed E-state index contributed by atoms with van der Waals surface area (Å²) in [6.45, 7) is 5.62. The fraction of sp³-hybridized carbons (Fsp3) is 0.333. The van der Waals surface area contributed by atoms with Crippen LogP contribution in [0.2, 0.25) is 5.02 Å². The van der Waals surface area contributed by atoms with Gasteiger partial charge in [0.2, 0.25) is 0 Å². The van der Waals surface area contributed by atoms with Crippen LogP contribution in [0.5, 0.6) is 0 Å². The van der Waals surface area contributed by atoms with Crippen molar-refractivity contribution in [2.24, 2.45) is 5.16 Å². The van der Waals surface area contributed by atoms with Crippen molar-refractivity contribution in [3.8, 4) is 0 Å². The van der Waals surface area contributed by atoms with Crippen molar-refractivity contribution in [1.29, 1.82) is 0 Å². The van der Waals surface area contributed by atoms with Crippen molar-refractivity contribution in [2.45, 2.75) is 32.9 Å². The summed E-state index contributed by atoms with van der Waals surface area (Å²) in [6.07, 6.45) is 5.52. The Hall–Kier alpha value is -2.55. The van der Waals surface area contributed by atoms with E-state index in [0.29, 0.717) is 10.8 Å². The Bertz CT molecular complexity index is 1230. The van der Waals surface area contributed by atoms with E-state index in [4.69, 9.17) is 21.4 Å². The summed E-state index contributed by atoms with van der Waals surface area (Å²) in [6, 6.07) is 7.47. The lowest BCUT2D eigenvalue weighted by molar-refractivity contribution is 0.126. The van der Waals surface area contributed by atoms with Crippen LogP contribution in [-0.4, -0.2) is 43.8 Å². The van der Waals surface area contributed by atoms with E-state index in [1.165, 1.54) is 16.9 Å². The van der Waals surface area contributed by atoms with Crippen molar-refractivity contribution in [3.63, 3.8) is 0 Å². The largest absolute Gasteiger partial charge is 0.387 e. The van der Waals surface area contributed by atoms with Crippen LogP contribution in [0.25, 0.3) is 15.9 Å². The van der Waals surface area contributed by atoms with Gasteiger partial charge in [0.15, 0.2) is 18.1 Å². The van der Waals surface area contributed by atoms with E-state index >= 15 is 0 Å². The predicted octanol–water partition coefficient (Wildman–Crippen LogP) is 4.31. The second-order valence-corrected chi connectivity index (χ2v) is 8.77. The molecule has 154 valence electrons. The Balaban J connectivity index is 1.38. The molecule has 0 amide bonds. The molecule has 5 rings (SSSR count). The normalized spacial score (nSPS) is 14.7. The standard InChI is InChI=1S/C21H21ClN6OS/c1-2-8-27-9-7-15-17(11-27)30-21-19(15)20-25-18(26-28(20)13-23-21)12-29-24-10-14-5-3-4-6-16(14)22/h3-6,10,13H,2,7-9,11-12H2,1H3. The van der Waals surface area contributed by atoms with E-state index < -0.39 is 0 Å². The number of nitrogens with zero attached hydrogens (tertiary/aromatic N) is 6. The zero-order valence-electron chi connectivity index (χ0n) is 16.6. The SMILES string of the molecule is CCCN1CCc2c(sc3ncn4nc(CON=Cc5ccccc5Cl)nc4c23)C1. The van der Waals surface area contributed by atoms with Crippen LogP contribution in [-0.2, 0) is 24.4 Å². The van der Waals surface area contributed by atoms with Crippen LogP contribution in [0, 0.1) is 0 Å². The van der Waals surface area contributed by atoms with Crippen molar-refractivity contribution < 1.29 is 4.84 Å². The number of fused-ring (bicyclic) bond motifs is 5. The molecule has 0 bridgehead atoms. The highest BCUT2D eigenvalue weighted by molar-refractivity contribution is 7.19. The van der Waals surface area contributed by atoms with Gasteiger partial charge >= 0.3 is 0 Å². The molecule has 0 N–H and O–H groups in total. The van der Waals surface area contributed by atoms with Gasteiger partial charge in [-0.3, -0.25) is 4.90 Å². The Morgan fingerprint density at radius 1 is 1.33 bits per heavy atom. The maximum atomic E-state index is 6.12. The molecule has 1 aliphatic rings. The molecule has 0 atom stereocenters. The summed E-state index contributed by atoms with van der Waals surface area (Å²) in [5.74, 6) is 0.573. The number of halogens is 1. The van der Waals surface area contributed by atoms with E-state index in [0.717, 1.165) is 47.5 Å². The number of aromatic nitrogens is 4. The molecule has 0 saturated heterocycles. The molecule has 3 aromatic heterocycles. The second kappa shape index (κ2) is 8.29. The van der Waals surface area contributed by atoms with Crippen LogP contribution in [0.15, 0.2) is 35.7 Å². The van der Waals surface area contributed by atoms with Crippen molar-refractivity contribution in [1.82, 2.24) is 24.5 Å². The Morgan fingerprint density at radius 2 is 2.23 bits per heavy atom. The van der Waals surface area contributed by atoms with E-state index in [2.05, 4.69) is 27.1 Å². The van der Waals surface area contributed by atoms with Crippen molar-refractivity contribution in [2.75, 3.05) is 13.1 Å². The summed E-state index contributed by atoms with van der Waals surface area (Å²) in [4.78, 5) is 19.7. The monoisotopic (exact) mass is 440 g/mol. The Labute approximate surface area is 182 Å². The Kier molecular flexibility index (Phi) is 5.37. The zero-order valence-corrected chi connectivity index (χ0v) is 18.2. The first-order valence-corrected chi connectivity index (χ1v) is 11.2. The minimum absolute atomic E-state index is 0.181. The van der Waals surface area contributed by atoms with Gasteiger partial charge in [-0.1, -0.05) is 41.9 Å². The van der Waals surface area contributed by atoms with Crippen LogP contribution in [0.3, 0.4) is 0 Å². The number of oxime groups is 1. The molecule has 0 radical (unpaired) electrons. The number of benzene rings is 1. The summed E-state index contributed by atoms with van der Waals surface area (Å²) < 4.78 is 1.74. The van der Waals surface area contributed by atoms with Gasteiger partial charge in [0.1, 0.15) is 11.2 Å². The van der Waals surface area contributed by atoms with Gasteiger partial charge in [-0.2, -0.15) is 0 Å². The first kappa shape index (κ1) is 19.4. The van der Waals surface area contributed by atoms with Crippen LogP contribution in [0.1, 0.15) is 35.2 Å². The molecule has 4 aromatic rings. The summed E-state index contributed by atoms with van der Waals surface area (Å²) in [5.41, 5.74) is 3.02. The lowest BCUT2D eigenvalue weighted by Gasteiger charge is -2.26. The lowest BCUT2D eigenvalue weighted by atomic mass is 10.1. The average molecular weight is 441 g/mol. The zero-order chi connectivity index (χ0) is 20.5. The molecular weight excluding hydrogens is 420 g/mol. The lowest BCUT2D eigenvalue weighted by Crippen LogP contribution is -2.30. The molecular formula is C21H21ClN6OS. The third-order valence-corrected chi connectivity index (χ3v) is 6.67. The molecule has 0 unspecified atom stereocenters. The first-order chi connectivity index (χ1) is 14.7. The van der Waals surface area contributed by atoms with Crippen LogP contribution >= 0.6 is 22.9 Å². The molecule has 0 spiro atoms. The van der Waals surface area contributed by atoms with Gasteiger partial charge < -0.3 is 4.84 Å². The molecule has 7 nitrogen and oxygen atoms in total. The summed E-state index contributed by atoms with van der Waals surface area (Å²) >= 11 is 7.89. The van der Waals surface area contributed by atoms with Crippen molar-refractivity contribution in [3.05, 3.63) is 57.4 Å². The Morgan fingerprint density at radius 3 is 3.10 bits per heavy atom. The number of hydrogen-bond acceptors (Lipinski definition) is 7. The predicted molar refractivity (Wildman–Crippen MR) is 119 cm³/mol. The molecule has 1 aliphatic heterocycles. The third kappa shape index (κ3) is 3.66. The summed E-state index contributed by atoms with van der Waals surface area (Å²) in [5, 5.41) is 10.3. The maximum absolute atomic E-state index is 6.12. The van der Waals surface area contributed by atoms with Crippen molar-refractivity contribution >= 4 is 45.0 Å². The third-order valence-electron chi connectivity index (χ3n) is 5.21. The van der Waals surface area contributed by atoms with Crippen LogP contribution in [0.4, 0.5) is 0 Å². The minimum atomic E-state index is 0.181. The number of rotatable bonds is 6. The van der Waals surface area contributed by atoms with E-state index in [1.54, 1.807) is 28.4 Å². The fourth-order valence-corrected chi connectivity index (χ4v) is 5.23. The highest BCUT2D eigenvalue weighted by Gasteiger charge is 2.23. The van der Waals surface area contributed by atoms with Crippen LogP contribution < -0.4 is 0 Å². The maximum Gasteiger partial charge on any atom is 0.192 e. The molecule has 0 saturated carbocycles. The average Bonchev–Trinajstić information content (AvgIpc) is 3.32. The highest BCUT2D eigenvalue weighted by atomic mass is 35.5. The van der Waals surface area contributed by atoms with E-state index in [9.17, 15) is 0 Å². The molecule has 0 aliphatic carbocycles. The molecule has 30 heavy (non-hydrogen) atoms. The van der Waals surface area contributed by atoms with Gasteiger partial charge in [-0.05, 0) is 31.0 Å². The smallest absolute Gasteiger partial charge is 0.192 e. The molecule has 4 heterocycles. The van der Waals surface area contributed by atoms with Gasteiger partial charge in [-0.15, -0.1) is 16.4 Å². The van der Waals surface area contributed by atoms with Gasteiger partial charge in [0.25, 0.3) is 0 Å². The molecule has 0 fully saturated rings. The van der Waals surface area contributed by atoms with Gasteiger partial charge in [-0.25, -0.2) is 14.5 Å².